The quantitative estimate of drug-likeness (QED) is 0.190. The van der Waals surface area contributed by atoms with Crippen molar-refractivity contribution in [3.8, 4) is 33.9 Å². The Hall–Kier alpha value is -6.98. The highest BCUT2D eigenvalue weighted by Crippen LogP contribution is 2.38. The second-order valence-corrected chi connectivity index (χ2v) is 13.1. The molecule has 0 unspecified atom stereocenters. The van der Waals surface area contributed by atoms with E-state index in [0.717, 1.165) is 44.3 Å². The van der Waals surface area contributed by atoms with Gasteiger partial charge in [-0.1, -0.05) is 115 Å². The number of aromatic nitrogens is 4. The maximum Gasteiger partial charge on any atom is 0.235 e. The van der Waals surface area contributed by atoms with Crippen molar-refractivity contribution in [2.45, 2.75) is 0 Å². The van der Waals surface area contributed by atoms with Gasteiger partial charge >= 0.3 is 0 Å². The van der Waals surface area contributed by atoms with Crippen molar-refractivity contribution in [1.82, 2.24) is 19.1 Å². The van der Waals surface area contributed by atoms with Crippen LogP contribution in [0.15, 0.2) is 174 Å². The van der Waals surface area contributed by atoms with Gasteiger partial charge in [-0.15, -0.1) is 0 Å². The van der Waals surface area contributed by atoms with Gasteiger partial charge in [0.05, 0.1) is 28.3 Å². The van der Waals surface area contributed by atoms with Crippen molar-refractivity contribution < 1.29 is 4.42 Å². The van der Waals surface area contributed by atoms with Crippen LogP contribution in [0.3, 0.4) is 0 Å². The Morgan fingerprint density at radius 2 is 0.980 bits per heavy atom. The van der Waals surface area contributed by atoms with E-state index in [2.05, 4.69) is 167 Å². The number of para-hydroxylation sites is 3. The third kappa shape index (κ3) is 4.22. The predicted molar refractivity (Wildman–Crippen MR) is 209 cm³/mol. The fraction of sp³-hybridized carbons (Fsp3) is 0. The van der Waals surface area contributed by atoms with Crippen LogP contribution in [0.2, 0.25) is 0 Å². The lowest BCUT2D eigenvalue weighted by Gasteiger charge is -2.11. The van der Waals surface area contributed by atoms with Crippen molar-refractivity contribution in [3.63, 3.8) is 0 Å². The van der Waals surface area contributed by atoms with Gasteiger partial charge in [0, 0.05) is 32.6 Å². The fourth-order valence-corrected chi connectivity index (χ4v) is 7.86. The predicted octanol–water partition coefficient (Wildman–Crippen LogP) is 11.9. The van der Waals surface area contributed by atoms with Gasteiger partial charge in [-0.05, 0) is 70.8 Å². The van der Waals surface area contributed by atoms with Crippen molar-refractivity contribution >= 4 is 65.7 Å². The van der Waals surface area contributed by atoms with Crippen LogP contribution in [0, 0.1) is 0 Å². The summed E-state index contributed by atoms with van der Waals surface area (Å²) in [6.07, 6.45) is 1.80. The van der Waals surface area contributed by atoms with E-state index in [0.29, 0.717) is 11.5 Å². The van der Waals surface area contributed by atoms with E-state index >= 15 is 0 Å². The molecule has 0 aliphatic heterocycles. The number of nitrogens with zero attached hydrogens (tertiary/aromatic N) is 4. The molecule has 0 spiro atoms. The molecule has 51 heavy (non-hydrogen) atoms. The first-order valence-electron chi connectivity index (χ1n) is 17.2. The van der Waals surface area contributed by atoms with E-state index < -0.39 is 0 Å². The summed E-state index contributed by atoms with van der Waals surface area (Å²) in [5.74, 6) is 0.622. The summed E-state index contributed by atoms with van der Waals surface area (Å²) in [6.45, 7) is 0. The second-order valence-electron chi connectivity index (χ2n) is 13.1. The zero-order chi connectivity index (χ0) is 33.5. The first kappa shape index (κ1) is 27.9. The van der Waals surface area contributed by atoms with Crippen LogP contribution in [-0.2, 0) is 0 Å². The molecule has 11 rings (SSSR count). The van der Waals surface area contributed by atoms with Gasteiger partial charge in [-0.2, -0.15) is 0 Å². The summed E-state index contributed by atoms with van der Waals surface area (Å²) in [5, 5.41) is 5.79. The SMILES string of the molecule is c1ccc(-c2ccc3c4ccccc4n(-c4cccc(-c5ccc6oc7cnc(-n8c9ccccc9c9ccccc98)nc7c6c5)c4)c3c2)cc1. The zero-order valence-electron chi connectivity index (χ0n) is 27.4. The number of rotatable bonds is 4. The molecule has 0 saturated carbocycles. The average molecular weight is 653 g/mol. The summed E-state index contributed by atoms with van der Waals surface area (Å²) < 4.78 is 10.8. The van der Waals surface area contributed by atoms with E-state index in [1.54, 1.807) is 6.20 Å². The van der Waals surface area contributed by atoms with Gasteiger partial charge in [0.25, 0.3) is 0 Å². The number of fused-ring (bicyclic) bond motifs is 9. The molecule has 5 nitrogen and oxygen atoms in total. The lowest BCUT2D eigenvalue weighted by molar-refractivity contribution is 0.665. The highest BCUT2D eigenvalue weighted by atomic mass is 16.3. The minimum absolute atomic E-state index is 0.622. The third-order valence-corrected chi connectivity index (χ3v) is 10.2. The molecule has 0 fully saturated rings. The molecule has 0 N–H and O–H groups in total. The van der Waals surface area contributed by atoms with Crippen LogP contribution in [0.4, 0.5) is 0 Å². The van der Waals surface area contributed by atoms with Crippen LogP contribution < -0.4 is 0 Å². The molecule has 0 atom stereocenters. The maximum absolute atomic E-state index is 6.28. The lowest BCUT2D eigenvalue weighted by atomic mass is 10.0. The van der Waals surface area contributed by atoms with Gasteiger partial charge in [0.15, 0.2) is 5.58 Å². The highest BCUT2D eigenvalue weighted by molar-refractivity contribution is 6.11. The minimum atomic E-state index is 0.622. The number of hydrogen-bond donors (Lipinski definition) is 0. The number of hydrogen-bond acceptors (Lipinski definition) is 3. The summed E-state index contributed by atoms with van der Waals surface area (Å²) in [7, 11) is 0. The molecule has 7 aromatic carbocycles. The van der Waals surface area contributed by atoms with Crippen molar-refractivity contribution in [2.24, 2.45) is 0 Å². The average Bonchev–Trinajstić information content (AvgIpc) is 3.85. The Bertz CT molecular complexity index is 3090. The standard InChI is InChI=1S/C46H28N4O/c1-2-11-29(12-3-1)32-21-23-37-36-17-4-7-18-39(36)49(42(37)27-32)33-14-10-13-30(25-33)31-22-24-43-38(26-31)45-44(51-43)28-47-46(48-45)50-40-19-8-5-15-34(40)35-16-6-9-20-41(35)50/h1-28H. The summed E-state index contributed by atoms with van der Waals surface area (Å²) in [6, 6.07) is 58.1. The molecular weight excluding hydrogens is 625 g/mol. The lowest BCUT2D eigenvalue weighted by Crippen LogP contribution is -2.00. The zero-order valence-corrected chi connectivity index (χ0v) is 27.4. The Morgan fingerprint density at radius 1 is 0.392 bits per heavy atom. The molecule has 4 heterocycles. The number of furan rings is 1. The first-order valence-corrected chi connectivity index (χ1v) is 17.2. The highest BCUT2D eigenvalue weighted by Gasteiger charge is 2.18. The topological polar surface area (TPSA) is 48.8 Å². The fourth-order valence-electron chi connectivity index (χ4n) is 7.86. The summed E-state index contributed by atoms with van der Waals surface area (Å²) in [5.41, 5.74) is 12.5. The van der Waals surface area contributed by atoms with Crippen LogP contribution in [0.5, 0.6) is 0 Å². The van der Waals surface area contributed by atoms with Crippen molar-refractivity contribution in [3.05, 3.63) is 170 Å². The Balaban J connectivity index is 1.07. The molecular formula is C46H28N4O. The molecule has 11 aromatic rings. The Labute approximate surface area is 292 Å². The van der Waals surface area contributed by atoms with Gasteiger partial charge < -0.3 is 8.98 Å². The van der Waals surface area contributed by atoms with E-state index in [-0.39, 0.29) is 0 Å². The van der Waals surface area contributed by atoms with Crippen molar-refractivity contribution in [1.29, 1.82) is 0 Å². The molecule has 0 aliphatic rings. The van der Waals surface area contributed by atoms with E-state index in [4.69, 9.17) is 14.4 Å². The molecule has 0 aliphatic carbocycles. The maximum atomic E-state index is 6.28. The largest absolute Gasteiger partial charge is 0.453 e. The van der Waals surface area contributed by atoms with Crippen LogP contribution in [0.1, 0.15) is 0 Å². The van der Waals surface area contributed by atoms with Crippen LogP contribution >= 0.6 is 0 Å². The molecule has 0 bridgehead atoms. The van der Waals surface area contributed by atoms with E-state index in [1.165, 1.54) is 43.7 Å². The van der Waals surface area contributed by atoms with Gasteiger partial charge in [0.1, 0.15) is 11.1 Å². The first-order chi connectivity index (χ1) is 25.3. The van der Waals surface area contributed by atoms with Gasteiger partial charge in [-0.3, -0.25) is 4.57 Å². The second kappa shape index (κ2) is 10.8. The molecule has 4 aromatic heterocycles. The Kier molecular flexibility index (Phi) is 5.89. The van der Waals surface area contributed by atoms with E-state index in [9.17, 15) is 0 Å². The molecule has 5 heteroatoms. The van der Waals surface area contributed by atoms with Crippen molar-refractivity contribution in [2.75, 3.05) is 0 Å². The van der Waals surface area contributed by atoms with Gasteiger partial charge in [-0.25, -0.2) is 9.97 Å². The van der Waals surface area contributed by atoms with Crippen LogP contribution in [0.25, 0.3) is 99.6 Å². The van der Waals surface area contributed by atoms with E-state index in [1.807, 2.05) is 6.07 Å². The smallest absolute Gasteiger partial charge is 0.235 e. The molecule has 0 radical (unpaired) electrons. The monoisotopic (exact) mass is 652 g/mol. The molecule has 0 amide bonds. The Morgan fingerprint density at radius 3 is 1.73 bits per heavy atom. The number of benzene rings is 7. The van der Waals surface area contributed by atoms with Gasteiger partial charge in [0.2, 0.25) is 5.95 Å². The minimum Gasteiger partial charge on any atom is -0.453 e. The van der Waals surface area contributed by atoms with Crippen LogP contribution in [-0.4, -0.2) is 19.1 Å². The summed E-state index contributed by atoms with van der Waals surface area (Å²) in [4.78, 5) is 9.95. The summed E-state index contributed by atoms with van der Waals surface area (Å²) >= 11 is 0. The third-order valence-electron chi connectivity index (χ3n) is 10.2. The molecule has 0 saturated heterocycles. The molecule has 238 valence electrons. The normalized spacial score (nSPS) is 11.9.